The van der Waals surface area contributed by atoms with Crippen molar-refractivity contribution in [3.8, 4) is 11.8 Å². The van der Waals surface area contributed by atoms with Crippen molar-refractivity contribution in [2.75, 3.05) is 24.7 Å². The number of hydrogen-bond acceptors (Lipinski definition) is 9. The largest absolute Gasteiger partial charge is 0.468 e. The Hall–Kier alpha value is -5.91. The number of pyridine rings is 1. The number of aromatic nitrogens is 5. The van der Waals surface area contributed by atoms with E-state index < -0.39 is 27.6 Å². The number of rotatable bonds is 12. The lowest BCUT2D eigenvalue weighted by atomic mass is 10.1. The number of carbonyl (C=O) groups excluding carboxylic acids is 3. The third kappa shape index (κ3) is 9.37. The lowest BCUT2D eigenvalue weighted by Crippen LogP contribution is -2.40. The van der Waals surface area contributed by atoms with E-state index in [-0.39, 0.29) is 17.2 Å². The standard InChI is InChI=1S/C36H36N8O5S/c1-25-17-33(44(2)42-25)35(46)41-29-10-7-9-26(19-29)13-14-27-18-28(22-37-21-27)34(45)43-50(48,31-11-5-4-6-12-31)16-8-15-39-32(36(47)49-3)20-30-23-38-24-40-30/h4-7,9-12,17-19,21-24,32,39H,8,15-16,20H2,1-3H3,(H,38,40)(H,41,46). The van der Waals surface area contributed by atoms with Gasteiger partial charge in [-0.05, 0) is 62.4 Å². The van der Waals surface area contributed by atoms with Gasteiger partial charge < -0.3 is 20.4 Å². The van der Waals surface area contributed by atoms with Gasteiger partial charge in [0.25, 0.3) is 11.8 Å². The summed E-state index contributed by atoms with van der Waals surface area (Å²) in [5.41, 5.74) is 3.71. The highest BCUT2D eigenvalue weighted by Crippen LogP contribution is 2.18. The summed E-state index contributed by atoms with van der Waals surface area (Å²) in [5.74, 6) is 4.68. The summed E-state index contributed by atoms with van der Waals surface area (Å²) in [7, 11) is -0.172. The van der Waals surface area contributed by atoms with E-state index in [1.54, 1.807) is 80.0 Å². The second kappa shape index (κ2) is 16.5. The molecule has 3 aromatic heterocycles. The molecule has 0 fully saturated rings. The van der Waals surface area contributed by atoms with Gasteiger partial charge in [0.2, 0.25) is 0 Å². The van der Waals surface area contributed by atoms with Crippen LogP contribution in [0.4, 0.5) is 5.69 Å². The van der Waals surface area contributed by atoms with Crippen LogP contribution in [0.15, 0.2) is 101 Å². The highest BCUT2D eigenvalue weighted by atomic mass is 32.2. The molecule has 2 atom stereocenters. The van der Waals surface area contributed by atoms with E-state index in [1.807, 2.05) is 6.92 Å². The molecular weight excluding hydrogens is 657 g/mol. The molecule has 50 heavy (non-hydrogen) atoms. The maximum absolute atomic E-state index is 14.3. The predicted molar refractivity (Wildman–Crippen MR) is 188 cm³/mol. The molecule has 0 aliphatic heterocycles. The molecule has 0 radical (unpaired) electrons. The van der Waals surface area contributed by atoms with Crippen LogP contribution < -0.4 is 10.6 Å². The first-order valence-corrected chi connectivity index (χ1v) is 17.3. The maximum atomic E-state index is 14.3. The molecule has 2 aromatic carbocycles. The van der Waals surface area contributed by atoms with Crippen LogP contribution in [-0.2, 0) is 32.7 Å². The number of amides is 2. The molecule has 0 aliphatic rings. The van der Waals surface area contributed by atoms with Crippen molar-refractivity contribution in [2.24, 2.45) is 11.4 Å². The summed E-state index contributed by atoms with van der Waals surface area (Å²) in [6.45, 7) is 2.14. The van der Waals surface area contributed by atoms with Gasteiger partial charge in [0.05, 0.1) is 34.4 Å². The molecule has 0 saturated carbocycles. The van der Waals surface area contributed by atoms with Crippen LogP contribution in [0.5, 0.6) is 0 Å². The molecule has 0 aliphatic carbocycles. The number of aryl methyl sites for hydroxylation is 2. The van der Waals surface area contributed by atoms with Crippen molar-refractivity contribution >= 4 is 33.2 Å². The molecule has 14 heteroatoms. The van der Waals surface area contributed by atoms with Crippen LogP contribution in [0.3, 0.4) is 0 Å². The van der Waals surface area contributed by atoms with E-state index in [0.29, 0.717) is 46.8 Å². The normalized spacial score (nSPS) is 12.5. The fraction of sp³-hybridized carbons (Fsp3) is 0.222. The summed E-state index contributed by atoms with van der Waals surface area (Å²) < 4.78 is 25.0. The van der Waals surface area contributed by atoms with Gasteiger partial charge in [-0.1, -0.05) is 36.1 Å². The number of esters is 1. The smallest absolute Gasteiger partial charge is 0.323 e. The number of methoxy groups -OCH3 is 1. The summed E-state index contributed by atoms with van der Waals surface area (Å²) in [6.07, 6.45) is 6.72. The van der Waals surface area contributed by atoms with Gasteiger partial charge >= 0.3 is 5.97 Å². The summed E-state index contributed by atoms with van der Waals surface area (Å²) >= 11 is 0. The molecule has 3 heterocycles. The van der Waals surface area contributed by atoms with Gasteiger partial charge in [0.1, 0.15) is 11.7 Å². The number of aromatic amines is 1. The minimum absolute atomic E-state index is 0.0632. The zero-order valence-electron chi connectivity index (χ0n) is 27.8. The van der Waals surface area contributed by atoms with Crippen molar-refractivity contribution in [1.29, 1.82) is 0 Å². The molecule has 13 nitrogen and oxygen atoms in total. The molecule has 0 saturated heterocycles. The van der Waals surface area contributed by atoms with Crippen LogP contribution in [0.25, 0.3) is 0 Å². The van der Waals surface area contributed by atoms with E-state index in [2.05, 4.69) is 46.9 Å². The van der Waals surface area contributed by atoms with Crippen LogP contribution in [0.1, 0.15) is 49.8 Å². The van der Waals surface area contributed by atoms with E-state index in [1.165, 1.54) is 30.5 Å². The number of imidazole rings is 1. The van der Waals surface area contributed by atoms with Crippen molar-refractivity contribution in [1.82, 2.24) is 30.0 Å². The molecule has 256 valence electrons. The Balaban J connectivity index is 1.29. The first-order valence-electron chi connectivity index (χ1n) is 15.7. The minimum atomic E-state index is -3.19. The number of anilines is 1. The number of ether oxygens (including phenoxy) is 1. The van der Waals surface area contributed by atoms with Gasteiger partial charge in [-0.25, -0.2) is 9.19 Å². The van der Waals surface area contributed by atoms with E-state index in [4.69, 9.17) is 4.74 Å². The monoisotopic (exact) mass is 692 g/mol. The highest BCUT2D eigenvalue weighted by Gasteiger charge is 2.21. The quantitative estimate of drug-likeness (QED) is 0.0995. The number of hydrogen-bond donors (Lipinski definition) is 3. The molecule has 2 amide bonds. The predicted octanol–water partition coefficient (Wildman–Crippen LogP) is 3.93. The second-order valence-electron chi connectivity index (χ2n) is 11.3. The van der Waals surface area contributed by atoms with Gasteiger partial charge in [0.15, 0.2) is 0 Å². The number of benzene rings is 2. The average molecular weight is 693 g/mol. The molecule has 5 rings (SSSR count). The van der Waals surface area contributed by atoms with Crippen LogP contribution in [0, 0.1) is 18.8 Å². The lowest BCUT2D eigenvalue weighted by molar-refractivity contribution is -0.143. The Morgan fingerprint density at radius 2 is 1.80 bits per heavy atom. The van der Waals surface area contributed by atoms with Crippen molar-refractivity contribution in [2.45, 2.75) is 30.7 Å². The van der Waals surface area contributed by atoms with Crippen LogP contribution >= 0.6 is 0 Å². The number of carbonyl (C=O) groups is 3. The highest BCUT2D eigenvalue weighted by molar-refractivity contribution is 7.94. The van der Waals surface area contributed by atoms with Crippen molar-refractivity contribution in [3.63, 3.8) is 0 Å². The van der Waals surface area contributed by atoms with Crippen LogP contribution in [0.2, 0.25) is 0 Å². The van der Waals surface area contributed by atoms with Gasteiger partial charge in [-0.2, -0.15) is 9.46 Å². The molecular formula is C36H36N8O5S. The van der Waals surface area contributed by atoms with Gasteiger partial charge in [-0.15, -0.1) is 0 Å². The number of H-pyrrole nitrogens is 1. The molecule has 5 aromatic rings. The van der Waals surface area contributed by atoms with E-state index in [9.17, 15) is 18.6 Å². The Morgan fingerprint density at radius 1 is 1.00 bits per heavy atom. The summed E-state index contributed by atoms with van der Waals surface area (Å²) in [6, 6.07) is 18.3. The molecule has 3 N–H and O–H groups in total. The fourth-order valence-electron chi connectivity index (χ4n) is 5.04. The van der Waals surface area contributed by atoms with Gasteiger partial charge in [-0.3, -0.25) is 24.0 Å². The Morgan fingerprint density at radius 3 is 2.52 bits per heavy atom. The molecule has 0 spiro atoms. The Labute approximate surface area is 290 Å². The second-order valence-corrected chi connectivity index (χ2v) is 13.6. The summed E-state index contributed by atoms with van der Waals surface area (Å²) in [5, 5.41) is 10.2. The molecule has 2 unspecified atom stereocenters. The maximum Gasteiger partial charge on any atom is 0.323 e. The van der Waals surface area contributed by atoms with Crippen molar-refractivity contribution < 1.29 is 23.3 Å². The van der Waals surface area contributed by atoms with E-state index in [0.717, 1.165) is 11.4 Å². The topological polar surface area (TPSA) is 173 Å². The first kappa shape index (κ1) is 35.4. The molecule has 0 bridgehead atoms. The summed E-state index contributed by atoms with van der Waals surface area (Å²) in [4.78, 5) is 50.0. The number of nitrogens with zero attached hydrogens (tertiary/aromatic N) is 5. The zero-order chi connectivity index (χ0) is 35.5. The van der Waals surface area contributed by atoms with Gasteiger partial charge in [0, 0.05) is 65.2 Å². The van der Waals surface area contributed by atoms with E-state index >= 15 is 0 Å². The average Bonchev–Trinajstić information content (AvgIpc) is 3.77. The zero-order valence-corrected chi connectivity index (χ0v) is 28.6. The Bertz CT molecular complexity index is 2160. The lowest BCUT2D eigenvalue weighted by Gasteiger charge is -2.16. The van der Waals surface area contributed by atoms with Crippen molar-refractivity contribution in [3.05, 3.63) is 125 Å². The minimum Gasteiger partial charge on any atom is -0.468 e. The third-order valence-corrected chi connectivity index (χ3v) is 9.80. The fourth-order valence-corrected chi connectivity index (χ4v) is 6.96. The Kier molecular flexibility index (Phi) is 11.7. The number of nitrogens with one attached hydrogen (secondary N) is 3. The SMILES string of the molecule is COC(=O)C(Cc1cnc[nH]1)NCCCS(=O)(=NC(=O)c1cncc(C#Cc2cccc(NC(=O)c3cc(C)nn3C)c2)c1)c1ccccc1. The third-order valence-electron chi connectivity index (χ3n) is 7.49. The first-order chi connectivity index (χ1) is 24.1. The van der Waals surface area contributed by atoms with Crippen LogP contribution in [-0.4, -0.2) is 72.2 Å².